The van der Waals surface area contributed by atoms with E-state index in [1.807, 2.05) is 6.07 Å². The summed E-state index contributed by atoms with van der Waals surface area (Å²) < 4.78 is 29.8. The molecule has 0 spiro atoms. The van der Waals surface area contributed by atoms with Crippen LogP contribution in [-0.2, 0) is 10.0 Å². The summed E-state index contributed by atoms with van der Waals surface area (Å²) >= 11 is 0. The lowest BCUT2D eigenvalue weighted by Crippen LogP contribution is -2.20. The van der Waals surface area contributed by atoms with Gasteiger partial charge in [0.15, 0.2) is 6.61 Å². The predicted octanol–water partition coefficient (Wildman–Crippen LogP) is 2.51. The van der Waals surface area contributed by atoms with Crippen molar-refractivity contribution in [1.82, 2.24) is 4.83 Å². The SMILES string of the molecule is C/C(=N/NS(=O)(=O)c1ccc(C)c([N+](=O)[O-])c1)c1ccc(OCC#N)cc1. The van der Waals surface area contributed by atoms with E-state index < -0.39 is 14.9 Å². The van der Waals surface area contributed by atoms with Crippen molar-refractivity contribution in [2.75, 3.05) is 6.61 Å². The summed E-state index contributed by atoms with van der Waals surface area (Å²) in [4.78, 5) is 12.2. The Morgan fingerprint density at radius 2 is 1.96 bits per heavy atom. The molecule has 2 rings (SSSR count). The number of hydrogen-bond acceptors (Lipinski definition) is 7. The lowest BCUT2D eigenvalue weighted by Gasteiger charge is -2.07. The van der Waals surface area contributed by atoms with Crippen LogP contribution >= 0.6 is 0 Å². The van der Waals surface area contributed by atoms with Gasteiger partial charge in [-0.15, -0.1) is 0 Å². The molecule has 0 aromatic heterocycles. The molecule has 9 nitrogen and oxygen atoms in total. The molecule has 10 heteroatoms. The van der Waals surface area contributed by atoms with Crippen LogP contribution in [0.2, 0.25) is 0 Å². The van der Waals surface area contributed by atoms with Crippen LogP contribution in [0.5, 0.6) is 5.75 Å². The first-order valence-electron chi connectivity index (χ1n) is 7.66. The number of nitrogens with zero attached hydrogens (tertiary/aromatic N) is 3. The number of nitriles is 1. The van der Waals surface area contributed by atoms with Gasteiger partial charge < -0.3 is 4.74 Å². The van der Waals surface area contributed by atoms with Crippen molar-refractivity contribution in [1.29, 1.82) is 5.26 Å². The number of ether oxygens (including phenoxy) is 1. The van der Waals surface area contributed by atoms with Crippen LogP contribution in [0.4, 0.5) is 5.69 Å². The Labute approximate surface area is 156 Å². The molecule has 140 valence electrons. The summed E-state index contributed by atoms with van der Waals surface area (Å²) in [6, 6.07) is 12.1. The van der Waals surface area contributed by atoms with Crippen LogP contribution in [0.15, 0.2) is 52.5 Å². The van der Waals surface area contributed by atoms with E-state index in [1.165, 1.54) is 19.1 Å². The molecule has 0 aliphatic heterocycles. The monoisotopic (exact) mass is 388 g/mol. The van der Waals surface area contributed by atoms with Crippen LogP contribution in [-0.4, -0.2) is 25.7 Å². The van der Waals surface area contributed by atoms with Crippen LogP contribution in [0.1, 0.15) is 18.1 Å². The normalized spacial score (nSPS) is 11.5. The number of nitro groups is 1. The Balaban J connectivity index is 2.19. The van der Waals surface area contributed by atoms with E-state index in [4.69, 9.17) is 10.00 Å². The van der Waals surface area contributed by atoms with E-state index in [2.05, 4.69) is 9.93 Å². The number of hydrogen-bond donors (Lipinski definition) is 1. The largest absolute Gasteiger partial charge is 0.479 e. The average Bonchev–Trinajstić information content (AvgIpc) is 2.65. The van der Waals surface area contributed by atoms with E-state index >= 15 is 0 Å². The molecule has 0 atom stereocenters. The minimum atomic E-state index is -4.06. The molecular formula is C17H16N4O5S. The van der Waals surface area contributed by atoms with Gasteiger partial charge in [0.1, 0.15) is 11.8 Å². The summed E-state index contributed by atoms with van der Waals surface area (Å²) in [5, 5.41) is 23.3. The average molecular weight is 388 g/mol. The van der Waals surface area contributed by atoms with Gasteiger partial charge in [-0.2, -0.15) is 23.6 Å². The molecule has 0 saturated heterocycles. The fraction of sp³-hybridized carbons (Fsp3) is 0.176. The number of hydrazone groups is 1. The van der Waals surface area contributed by atoms with Gasteiger partial charge in [-0.1, -0.05) is 6.07 Å². The molecule has 0 bridgehead atoms. The molecule has 0 amide bonds. The molecule has 0 aliphatic carbocycles. The molecule has 2 aromatic carbocycles. The first-order valence-corrected chi connectivity index (χ1v) is 9.14. The molecule has 0 saturated carbocycles. The van der Waals surface area contributed by atoms with Crippen molar-refractivity contribution in [3.05, 3.63) is 63.7 Å². The number of benzene rings is 2. The first kappa shape index (κ1) is 19.9. The second-order valence-corrected chi connectivity index (χ2v) is 7.13. The smallest absolute Gasteiger partial charge is 0.276 e. The maximum atomic E-state index is 12.3. The first-order chi connectivity index (χ1) is 12.7. The molecule has 0 radical (unpaired) electrons. The van der Waals surface area contributed by atoms with Crippen molar-refractivity contribution in [2.45, 2.75) is 18.7 Å². The Bertz CT molecular complexity index is 1020. The molecule has 0 heterocycles. The van der Waals surface area contributed by atoms with Gasteiger partial charge in [-0.3, -0.25) is 10.1 Å². The number of aryl methyl sites for hydroxylation is 1. The van der Waals surface area contributed by atoms with Crippen molar-refractivity contribution < 1.29 is 18.1 Å². The van der Waals surface area contributed by atoms with Crippen LogP contribution < -0.4 is 9.57 Å². The van der Waals surface area contributed by atoms with Crippen molar-refractivity contribution in [3.8, 4) is 11.8 Å². The zero-order chi connectivity index (χ0) is 20.0. The molecule has 0 fully saturated rings. The van der Waals surface area contributed by atoms with Crippen molar-refractivity contribution in [2.24, 2.45) is 5.10 Å². The van der Waals surface area contributed by atoms with Gasteiger partial charge >= 0.3 is 0 Å². The van der Waals surface area contributed by atoms with Crippen molar-refractivity contribution >= 4 is 21.4 Å². The lowest BCUT2D eigenvalue weighted by molar-refractivity contribution is -0.385. The summed E-state index contributed by atoms with van der Waals surface area (Å²) in [6.45, 7) is 3.05. The van der Waals surface area contributed by atoms with Crippen LogP contribution in [0, 0.1) is 28.4 Å². The van der Waals surface area contributed by atoms with Gasteiger partial charge in [0.25, 0.3) is 15.7 Å². The summed E-state index contributed by atoms with van der Waals surface area (Å²) in [6.07, 6.45) is 0. The molecular weight excluding hydrogens is 372 g/mol. The Kier molecular flexibility index (Phi) is 6.10. The third-order valence-electron chi connectivity index (χ3n) is 3.60. The molecule has 1 N–H and O–H groups in total. The summed E-state index contributed by atoms with van der Waals surface area (Å²) in [7, 11) is -4.06. The highest BCUT2D eigenvalue weighted by Crippen LogP contribution is 2.22. The van der Waals surface area contributed by atoms with Crippen molar-refractivity contribution in [3.63, 3.8) is 0 Å². The fourth-order valence-electron chi connectivity index (χ4n) is 2.11. The Morgan fingerprint density at radius 3 is 2.56 bits per heavy atom. The number of rotatable bonds is 7. The summed E-state index contributed by atoms with van der Waals surface area (Å²) in [5.41, 5.74) is 1.09. The fourth-order valence-corrected chi connectivity index (χ4v) is 2.98. The highest BCUT2D eigenvalue weighted by atomic mass is 32.2. The van der Waals surface area contributed by atoms with E-state index in [0.29, 0.717) is 22.6 Å². The second kappa shape index (κ2) is 8.29. The van der Waals surface area contributed by atoms with Crippen LogP contribution in [0.3, 0.4) is 0 Å². The maximum absolute atomic E-state index is 12.3. The van der Waals surface area contributed by atoms with Gasteiger partial charge in [0.05, 0.1) is 15.5 Å². The molecule has 27 heavy (non-hydrogen) atoms. The highest BCUT2D eigenvalue weighted by molar-refractivity contribution is 7.89. The topological polar surface area (TPSA) is 135 Å². The maximum Gasteiger partial charge on any atom is 0.276 e. The second-order valence-electron chi connectivity index (χ2n) is 5.47. The summed E-state index contributed by atoms with van der Waals surface area (Å²) in [5.74, 6) is 0.501. The zero-order valence-corrected chi connectivity index (χ0v) is 15.4. The number of nitro benzene ring substituents is 1. The van der Waals surface area contributed by atoms with E-state index in [1.54, 1.807) is 31.2 Å². The number of sulfonamides is 1. The zero-order valence-electron chi connectivity index (χ0n) is 14.5. The van der Waals surface area contributed by atoms with Gasteiger partial charge in [-0.25, -0.2) is 0 Å². The Morgan fingerprint density at radius 1 is 1.30 bits per heavy atom. The van der Waals surface area contributed by atoms with E-state index in [0.717, 1.165) is 6.07 Å². The van der Waals surface area contributed by atoms with E-state index in [-0.39, 0.29) is 17.2 Å². The molecule has 0 unspecified atom stereocenters. The quantitative estimate of drug-likeness (QED) is 0.440. The lowest BCUT2D eigenvalue weighted by atomic mass is 10.1. The number of nitrogens with one attached hydrogen (secondary N) is 1. The Hall–Kier alpha value is -3.45. The highest BCUT2D eigenvalue weighted by Gasteiger charge is 2.19. The third-order valence-corrected chi connectivity index (χ3v) is 4.80. The van der Waals surface area contributed by atoms with E-state index in [9.17, 15) is 18.5 Å². The minimum absolute atomic E-state index is 0.0745. The van der Waals surface area contributed by atoms with Gasteiger partial charge in [0.2, 0.25) is 0 Å². The molecule has 0 aliphatic rings. The van der Waals surface area contributed by atoms with Gasteiger partial charge in [0, 0.05) is 11.6 Å². The predicted molar refractivity (Wildman–Crippen MR) is 97.9 cm³/mol. The third kappa shape index (κ3) is 5.02. The standard InChI is InChI=1S/C17H16N4O5S/c1-12-3-8-16(11-17(12)21(22)23)27(24,25)20-19-13(2)14-4-6-15(7-5-14)26-10-9-18/h3-8,11,20H,10H2,1-2H3/b19-13-. The molecule has 2 aromatic rings. The minimum Gasteiger partial charge on any atom is -0.479 e. The van der Waals surface area contributed by atoms with Gasteiger partial charge in [-0.05, 0) is 49.7 Å². The van der Waals surface area contributed by atoms with Crippen LogP contribution in [0.25, 0.3) is 0 Å².